The van der Waals surface area contributed by atoms with Gasteiger partial charge < -0.3 is 0 Å². The molecule has 2 heteroatoms. The number of halogens is 1. The van der Waals surface area contributed by atoms with Gasteiger partial charge in [-0.25, -0.2) is 0 Å². The molecule has 0 bridgehead atoms. The molecule has 1 nitrogen and oxygen atoms in total. The number of nitrogens with zero attached hydrogens (tertiary/aromatic N) is 1. The molecular weight excluding hydrogens is 146 g/mol. The van der Waals surface area contributed by atoms with Gasteiger partial charge in [-0.2, -0.15) is 0 Å². The average molecular weight is 156 g/mol. The van der Waals surface area contributed by atoms with Crippen molar-refractivity contribution in [2.24, 2.45) is 0 Å². The lowest BCUT2D eigenvalue weighted by atomic mass is 10.2. The molecule has 0 N–H and O–H groups in total. The van der Waals surface area contributed by atoms with E-state index in [1.807, 2.05) is 38.2 Å². The van der Waals surface area contributed by atoms with E-state index in [9.17, 15) is 0 Å². The summed E-state index contributed by atoms with van der Waals surface area (Å²) in [6, 6.07) is 8.04. The summed E-state index contributed by atoms with van der Waals surface area (Å²) in [4.78, 5) is 0. The Bertz CT molecular complexity index is 220. The van der Waals surface area contributed by atoms with Crippen molar-refractivity contribution in [3.05, 3.63) is 29.8 Å². The van der Waals surface area contributed by atoms with Crippen LogP contribution in [0.25, 0.3) is 0 Å². The molecular formula is C8H10ClN. The number of hydrogen-bond donors (Lipinski definition) is 0. The molecule has 0 heterocycles. The van der Waals surface area contributed by atoms with E-state index in [1.54, 1.807) is 4.42 Å². The van der Waals surface area contributed by atoms with Crippen molar-refractivity contribution in [3.63, 3.8) is 0 Å². The van der Waals surface area contributed by atoms with Crippen LogP contribution in [0.3, 0.4) is 0 Å². The quantitative estimate of drug-likeness (QED) is 0.564. The second-order valence-electron chi connectivity index (χ2n) is 2.32. The van der Waals surface area contributed by atoms with Gasteiger partial charge >= 0.3 is 0 Å². The van der Waals surface area contributed by atoms with Crippen LogP contribution in [0, 0.1) is 6.92 Å². The van der Waals surface area contributed by atoms with Crippen molar-refractivity contribution in [1.82, 2.24) is 0 Å². The van der Waals surface area contributed by atoms with E-state index < -0.39 is 0 Å². The van der Waals surface area contributed by atoms with Gasteiger partial charge in [0.2, 0.25) is 0 Å². The van der Waals surface area contributed by atoms with Crippen LogP contribution in [0.1, 0.15) is 5.56 Å². The predicted molar refractivity (Wildman–Crippen MR) is 45.4 cm³/mol. The van der Waals surface area contributed by atoms with Crippen molar-refractivity contribution < 1.29 is 0 Å². The van der Waals surface area contributed by atoms with Crippen LogP contribution in [0.2, 0.25) is 0 Å². The minimum Gasteiger partial charge on any atom is -0.288 e. The molecule has 0 atom stereocenters. The smallest absolute Gasteiger partial charge is 0.0522 e. The largest absolute Gasteiger partial charge is 0.288 e. The van der Waals surface area contributed by atoms with Crippen LogP contribution >= 0.6 is 11.8 Å². The number of hydrogen-bond acceptors (Lipinski definition) is 1. The van der Waals surface area contributed by atoms with Gasteiger partial charge in [0.05, 0.1) is 5.69 Å². The summed E-state index contributed by atoms with van der Waals surface area (Å²) in [5.74, 6) is 0. The zero-order valence-electron chi connectivity index (χ0n) is 6.13. The van der Waals surface area contributed by atoms with Gasteiger partial charge in [-0.15, -0.1) is 0 Å². The van der Waals surface area contributed by atoms with Crippen LogP contribution < -0.4 is 4.42 Å². The van der Waals surface area contributed by atoms with E-state index in [0.29, 0.717) is 0 Å². The zero-order valence-corrected chi connectivity index (χ0v) is 6.89. The minimum atomic E-state index is 1.03. The third kappa shape index (κ3) is 1.64. The molecule has 0 radical (unpaired) electrons. The second kappa shape index (κ2) is 2.93. The molecule has 0 aromatic heterocycles. The van der Waals surface area contributed by atoms with E-state index in [4.69, 9.17) is 11.8 Å². The zero-order chi connectivity index (χ0) is 7.56. The maximum absolute atomic E-state index is 5.71. The topological polar surface area (TPSA) is 3.24 Å². The Balaban J connectivity index is 2.96. The first-order valence-corrected chi connectivity index (χ1v) is 3.50. The lowest BCUT2D eigenvalue weighted by molar-refractivity contribution is 1.32. The number of benzene rings is 1. The second-order valence-corrected chi connectivity index (χ2v) is 2.82. The maximum Gasteiger partial charge on any atom is 0.0522 e. The number of anilines is 1. The minimum absolute atomic E-state index is 1.03. The molecule has 0 amide bonds. The van der Waals surface area contributed by atoms with E-state index in [-0.39, 0.29) is 0 Å². The highest BCUT2D eigenvalue weighted by atomic mass is 35.5. The fourth-order valence-corrected chi connectivity index (χ4v) is 0.925. The molecule has 1 aromatic carbocycles. The average Bonchev–Trinajstić information content (AvgIpc) is 1.88. The van der Waals surface area contributed by atoms with Gasteiger partial charge in [-0.05, 0) is 24.6 Å². The molecule has 10 heavy (non-hydrogen) atoms. The molecule has 0 aliphatic carbocycles. The Morgan fingerprint density at radius 3 is 2.50 bits per heavy atom. The van der Waals surface area contributed by atoms with Crippen LogP contribution in [0.15, 0.2) is 24.3 Å². The van der Waals surface area contributed by atoms with Crippen LogP contribution in [0.4, 0.5) is 5.69 Å². The van der Waals surface area contributed by atoms with Crippen molar-refractivity contribution in [1.29, 1.82) is 0 Å². The van der Waals surface area contributed by atoms with Gasteiger partial charge in [-0.1, -0.05) is 12.1 Å². The Morgan fingerprint density at radius 1 is 1.40 bits per heavy atom. The lowest BCUT2D eigenvalue weighted by Gasteiger charge is -2.08. The van der Waals surface area contributed by atoms with E-state index >= 15 is 0 Å². The summed E-state index contributed by atoms with van der Waals surface area (Å²) < 4.78 is 1.58. The molecule has 0 fully saturated rings. The summed E-state index contributed by atoms with van der Waals surface area (Å²) in [7, 11) is 1.82. The fourth-order valence-electron chi connectivity index (χ4n) is 0.820. The summed E-state index contributed by atoms with van der Waals surface area (Å²) in [6.45, 7) is 2.05. The normalized spacial score (nSPS) is 9.50. The van der Waals surface area contributed by atoms with Gasteiger partial charge in [0, 0.05) is 18.8 Å². The van der Waals surface area contributed by atoms with Crippen molar-refractivity contribution >= 4 is 17.5 Å². The van der Waals surface area contributed by atoms with Gasteiger partial charge in [0.25, 0.3) is 0 Å². The molecule has 0 aliphatic heterocycles. The number of aryl methyl sites for hydroxylation is 1. The van der Waals surface area contributed by atoms with Crippen molar-refractivity contribution in [3.8, 4) is 0 Å². The third-order valence-electron chi connectivity index (χ3n) is 1.36. The van der Waals surface area contributed by atoms with Crippen molar-refractivity contribution in [2.45, 2.75) is 6.92 Å². The van der Waals surface area contributed by atoms with Gasteiger partial charge in [-0.3, -0.25) is 4.42 Å². The molecule has 0 spiro atoms. The summed E-state index contributed by atoms with van der Waals surface area (Å²) in [5.41, 5.74) is 2.26. The first kappa shape index (κ1) is 7.42. The highest BCUT2D eigenvalue weighted by Crippen LogP contribution is 2.14. The number of rotatable bonds is 1. The molecule has 0 aliphatic rings. The van der Waals surface area contributed by atoms with Crippen LogP contribution in [-0.4, -0.2) is 7.05 Å². The standard InChI is InChI=1S/C8H10ClN/c1-7-4-3-5-8(6-7)10(2)9/h3-6H,1-2H3. The van der Waals surface area contributed by atoms with Crippen molar-refractivity contribution in [2.75, 3.05) is 11.5 Å². The SMILES string of the molecule is Cc1cccc(N(C)Cl)c1. The Labute approximate surface area is 66.3 Å². The molecule has 0 saturated heterocycles. The fraction of sp³-hybridized carbons (Fsp3) is 0.250. The summed E-state index contributed by atoms with van der Waals surface area (Å²) in [5, 5.41) is 0. The molecule has 1 rings (SSSR count). The summed E-state index contributed by atoms with van der Waals surface area (Å²) in [6.07, 6.45) is 0. The van der Waals surface area contributed by atoms with Crippen LogP contribution in [-0.2, 0) is 0 Å². The lowest BCUT2D eigenvalue weighted by Crippen LogP contribution is -1.99. The van der Waals surface area contributed by atoms with E-state index in [1.165, 1.54) is 5.56 Å². The Hall–Kier alpha value is -0.690. The molecule has 1 aromatic rings. The van der Waals surface area contributed by atoms with E-state index in [0.717, 1.165) is 5.69 Å². The Morgan fingerprint density at radius 2 is 2.10 bits per heavy atom. The highest BCUT2D eigenvalue weighted by Gasteiger charge is 1.93. The van der Waals surface area contributed by atoms with Gasteiger partial charge in [0.1, 0.15) is 0 Å². The maximum atomic E-state index is 5.71. The third-order valence-corrected chi connectivity index (χ3v) is 1.55. The Kier molecular flexibility index (Phi) is 2.17. The van der Waals surface area contributed by atoms with Crippen LogP contribution in [0.5, 0.6) is 0 Å². The molecule has 54 valence electrons. The molecule has 0 saturated carbocycles. The monoisotopic (exact) mass is 155 g/mol. The first-order valence-electron chi connectivity index (χ1n) is 3.16. The summed E-state index contributed by atoms with van der Waals surface area (Å²) >= 11 is 5.71. The predicted octanol–water partition coefficient (Wildman–Crippen LogP) is 2.59. The molecule has 0 unspecified atom stereocenters. The van der Waals surface area contributed by atoms with Gasteiger partial charge in [0.15, 0.2) is 0 Å². The first-order chi connectivity index (χ1) is 4.70. The van der Waals surface area contributed by atoms with E-state index in [2.05, 4.69) is 0 Å². The highest BCUT2D eigenvalue weighted by molar-refractivity contribution is 6.25.